The van der Waals surface area contributed by atoms with Gasteiger partial charge in [-0.3, -0.25) is 9.59 Å². The number of hydrogen-bond donors (Lipinski definition) is 4. The Hall–Kier alpha value is -5.77. The Balaban J connectivity index is 1.38. The standard InChI is InChI=1S/C40H49N5O8/c1-39(2,3)52-37(48)42-19-18-35(46)43-31-9-7-8-27(20-31)25-50-33-21-28(22-34(23-33)51-32-16-10-26(24-41)11-17-32)36(47)44-29-12-14-30(15-13-29)45-38(49)53-40(4,5)6/h7-11,16-17,20-23,29-30H,12-15,18-19,25H2,1-6H3,(H,42,48)(H,43,46)(H,44,47)(H,45,49). The molecule has 1 aliphatic carbocycles. The van der Waals surface area contributed by atoms with Gasteiger partial charge in [0.25, 0.3) is 5.91 Å². The van der Waals surface area contributed by atoms with E-state index < -0.39 is 23.4 Å². The van der Waals surface area contributed by atoms with E-state index in [-0.39, 0.29) is 43.5 Å². The van der Waals surface area contributed by atoms with E-state index in [4.69, 9.17) is 24.2 Å². The molecule has 0 radical (unpaired) electrons. The average Bonchev–Trinajstić information content (AvgIpc) is 3.07. The maximum absolute atomic E-state index is 13.5. The third kappa shape index (κ3) is 14.4. The van der Waals surface area contributed by atoms with Crippen LogP contribution < -0.4 is 30.7 Å². The third-order valence-electron chi connectivity index (χ3n) is 7.78. The topological polar surface area (TPSA) is 177 Å². The van der Waals surface area contributed by atoms with E-state index in [1.54, 1.807) is 81.4 Å². The summed E-state index contributed by atoms with van der Waals surface area (Å²) in [5, 5.41) is 20.6. The first-order chi connectivity index (χ1) is 25.0. The molecule has 0 saturated heterocycles. The van der Waals surface area contributed by atoms with Crippen molar-refractivity contribution in [2.24, 2.45) is 0 Å². The molecular weight excluding hydrogens is 678 g/mol. The molecule has 1 aliphatic rings. The van der Waals surface area contributed by atoms with Crippen LogP contribution in [-0.4, -0.2) is 53.8 Å². The van der Waals surface area contributed by atoms with Crippen LogP contribution in [-0.2, 0) is 20.9 Å². The third-order valence-corrected chi connectivity index (χ3v) is 7.78. The summed E-state index contributed by atoms with van der Waals surface area (Å²) < 4.78 is 22.8. The summed E-state index contributed by atoms with van der Waals surface area (Å²) in [6.07, 6.45) is 1.78. The Morgan fingerprint density at radius 3 is 2.02 bits per heavy atom. The molecule has 4 N–H and O–H groups in total. The van der Waals surface area contributed by atoms with Crippen molar-refractivity contribution >= 4 is 29.7 Å². The van der Waals surface area contributed by atoms with Crippen molar-refractivity contribution in [2.75, 3.05) is 11.9 Å². The van der Waals surface area contributed by atoms with Crippen molar-refractivity contribution < 1.29 is 38.1 Å². The van der Waals surface area contributed by atoms with Gasteiger partial charge in [-0.15, -0.1) is 0 Å². The van der Waals surface area contributed by atoms with Crippen LogP contribution in [0.25, 0.3) is 0 Å². The van der Waals surface area contributed by atoms with Crippen molar-refractivity contribution in [3.8, 4) is 23.3 Å². The second kappa shape index (κ2) is 18.1. The lowest BCUT2D eigenvalue weighted by atomic mass is 9.91. The molecule has 0 atom stereocenters. The Bertz CT molecular complexity index is 1780. The zero-order chi connectivity index (χ0) is 38.6. The van der Waals surface area contributed by atoms with E-state index in [1.807, 2.05) is 26.8 Å². The molecule has 3 aromatic rings. The molecule has 53 heavy (non-hydrogen) atoms. The van der Waals surface area contributed by atoms with Crippen molar-refractivity contribution in [2.45, 2.75) is 104 Å². The van der Waals surface area contributed by atoms with Gasteiger partial charge in [-0.1, -0.05) is 12.1 Å². The summed E-state index contributed by atoms with van der Waals surface area (Å²) in [5.41, 5.74) is 0.926. The number of anilines is 1. The molecular formula is C40H49N5O8. The van der Waals surface area contributed by atoms with Gasteiger partial charge in [0.1, 0.15) is 35.1 Å². The van der Waals surface area contributed by atoms with Gasteiger partial charge in [-0.05, 0) is 121 Å². The van der Waals surface area contributed by atoms with Gasteiger partial charge in [0.2, 0.25) is 5.91 Å². The molecule has 0 spiro atoms. The largest absolute Gasteiger partial charge is 0.489 e. The molecule has 13 heteroatoms. The highest BCUT2D eigenvalue weighted by molar-refractivity contribution is 5.95. The maximum atomic E-state index is 13.5. The normalized spacial score (nSPS) is 15.6. The number of nitrogens with one attached hydrogen (secondary N) is 4. The van der Waals surface area contributed by atoms with Gasteiger partial charge in [0.15, 0.2) is 0 Å². The van der Waals surface area contributed by atoms with Gasteiger partial charge < -0.3 is 40.2 Å². The number of alkyl carbamates (subject to hydrolysis) is 2. The summed E-state index contributed by atoms with van der Waals surface area (Å²) >= 11 is 0. The zero-order valence-corrected chi connectivity index (χ0v) is 31.2. The number of hydrogen-bond acceptors (Lipinski definition) is 9. The number of nitriles is 1. The highest BCUT2D eigenvalue weighted by Crippen LogP contribution is 2.29. The Labute approximate surface area is 310 Å². The first-order valence-corrected chi connectivity index (χ1v) is 17.7. The second-order valence-electron chi connectivity index (χ2n) is 14.8. The van der Waals surface area contributed by atoms with Crippen LogP contribution in [0.15, 0.2) is 66.7 Å². The number of rotatable bonds is 12. The van der Waals surface area contributed by atoms with Crippen molar-refractivity contribution in [3.63, 3.8) is 0 Å². The Morgan fingerprint density at radius 2 is 1.38 bits per heavy atom. The van der Waals surface area contributed by atoms with Crippen molar-refractivity contribution in [3.05, 3.63) is 83.4 Å². The van der Waals surface area contributed by atoms with Gasteiger partial charge in [-0.2, -0.15) is 5.26 Å². The van der Waals surface area contributed by atoms with E-state index in [9.17, 15) is 19.2 Å². The zero-order valence-electron chi connectivity index (χ0n) is 31.2. The molecule has 4 amide bonds. The van der Waals surface area contributed by atoms with E-state index in [2.05, 4.69) is 27.3 Å². The average molecular weight is 728 g/mol. The van der Waals surface area contributed by atoms with Gasteiger partial charge in [-0.25, -0.2) is 9.59 Å². The fourth-order valence-electron chi connectivity index (χ4n) is 5.43. The van der Waals surface area contributed by atoms with Gasteiger partial charge in [0.05, 0.1) is 11.6 Å². The Kier molecular flexibility index (Phi) is 13.7. The van der Waals surface area contributed by atoms with E-state index in [0.29, 0.717) is 59.7 Å². The molecule has 0 aliphatic heterocycles. The summed E-state index contributed by atoms with van der Waals surface area (Å²) in [6, 6.07) is 20.7. The maximum Gasteiger partial charge on any atom is 0.407 e. The minimum absolute atomic E-state index is 0.0323. The van der Waals surface area contributed by atoms with Gasteiger partial charge in [0, 0.05) is 42.4 Å². The quantitative estimate of drug-likeness (QED) is 0.149. The monoisotopic (exact) mass is 727 g/mol. The summed E-state index contributed by atoms with van der Waals surface area (Å²) in [6.45, 7) is 11.0. The molecule has 0 aromatic heterocycles. The minimum Gasteiger partial charge on any atom is -0.489 e. The van der Waals surface area contributed by atoms with Crippen LogP contribution in [0.1, 0.15) is 95.1 Å². The lowest BCUT2D eigenvalue weighted by molar-refractivity contribution is -0.116. The van der Waals surface area contributed by atoms with Crippen LogP contribution >= 0.6 is 0 Å². The van der Waals surface area contributed by atoms with Crippen LogP contribution in [0.5, 0.6) is 17.2 Å². The molecule has 1 fully saturated rings. The fraction of sp³-hybridized carbons (Fsp3) is 0.425. The van der Waals surface area contributed by atoms with Crippen molar-refractivity contribution in [1.82, 2.24) is 16.0 Å². The van der Waals surface area contributed by atoms with Crippen LogP contribution in [0.2, 0.25) is 0 Å². The SMILES string of the molecule is CC(C)(C)OC(=O)NCCC(=O)Nc1cccc(COc2cc(Oc3ccc(C#N)cc3)cc(C(=O)NC3CCC(NC(=O)OC(C)(C)C)CC3)c2)c1. The molecule has 4 rings (SSSR count). The number of benzene rings is 3. The highest BCUT2D eigenvalue weighted by Gasteiger charge is 2.26. The van der Waals surface area contributed by atoms with E-state index in [0.717, 1.165) is 5.56 Å². The van der Waals surface area contributed by atoms with Crippen LogP contribution in [0.4, 0.5) is 15.3 Å². The molecule has 13 nitrogen and oxygen atoms in total. The Morgan fingerprint density at radius 1 is 0.755 bits per heavy atom. The molecule has 1 saturated carbocycles. The first-order valence-electron chi connectivity index (χ1n) is 17.7. The van der Waals surface area contributed by atoms with E-state index >= 15 is 0 Å². The summed E-state index contributed by atoms with van der Waals surface area (Å²) in [4.78, 5) is 50.1. The predicted molar refractivity (Wildman–Crippen MR) is 199 cm³/mol. The van der Waals surface area contributed by atoms with Crippen molar-refractivity contribution in [1.29, 1.82) is 5.26 Å². The minimum atomic E-state index is -0.633. The first kappa shape index (κ1) is 40.0. The number of carbonyl (C=O) groups is 4. The molecule has 3 aromatic carbocycles. The molecule has 0 bridgehead atoms. The van der Waals surface area contributed by atoms with E-state index in [1.165, 1.54) is 0 Å². The second-order valence-corrected chi connectivity index (χ2v) is 14.8. The molecule has 0 heterocycles. The highest BCUT2D eigenvalue weighted by atomic mass is 16.6. The number of nitrogens with zero attached hydrogens (tertiary/aromatic N) is 1. The van der Waals surface area contributed by atoms with Crippen LogP contribution in [0, 0.1) is 11.3 Å². The van der Waals surface area contributed by atoms with Gasteiger partial charge >= 0.3 is 12.2 Å². The molecule has 0 unspecified atom stereocenters. The number of ether oxygens (including phenoxy) is 4. The summed E-state index contributed by atoms with van der Waals surface area (Å²) in [7, 11) is 0. The van der Waals surface area contributed by atoms with Crippen LogP contribution in [0.3, 0.4) is 0 Å². The smallest absolute Gasteiger partial charge is 0.407 e. The lowest BCUT2D eigenvalue weighted by Crippen LogP contribution is -2.45. The predicted octanol–water partition coefficient (Wildman–Crippen LogP) is 7.35. The molecule has 282 valence electrons. The lowest BCUT2D eigenvalue weighted by Gasteiger charge is -2.30. The number of amides is 4. The summed E-state index contributed by atoms with van der Waals surface area (Å²) in [5.74, 6) is 0.649. The fourth-order valence-corrected chi connectivity index (χ4v) is 5.43. The number of carbonyl (C=O) groups excluding carboxylic acids is 4.